The summed E-state index contributed by atoms with van der Waals surface area (Å²) in [7, 11) is 0. The average molecular weight is 211 g/mol. The Balaban J connectivity index is 2.60. The molecular weight excluding hydrogens is 202 g/mol. The third-order valence-corrected chi connectivity index (χ3v) is 1.72. The fourth-order valence-corrected chi connectivity index (χ4v) is 1.15. The van der Waals surface area contributed by atoms with Gasteiger partial charge in [-0.3, -0.25) is 9.59 Å². The molecule has 1 aromatic carbocycles. The Morgan fingerprint density at radius 3 is 2.71 bits per heavy atom. The molecule has 0 fully saturated rings. The third kappa shape index (κ3) is 3.49. The quantitative estimate of drug-likeness (QED) is 0.523. The Morgan fingerprint density at radius 1 is 1.43 bits per heavy atom. The molecule has 4 nitrogen and oxygen atoms in total. The Bertz CT molecular complexity index is 365. The molecule has 2 N–H and O–H groups in total. The van der Waals surface area contributed by atoms with Crippen LogP contribution in [0.3, 0.4) is 0 Å². The van der Waals surface area contributed by atoms with Crippen LogP contribution in [0.4, 0.5) is 5.69 Å². The molecule has 5 heteroatoms. The molecule has 0 aromatic heterocycles. The second-order valence-electron chi connectivity index (χ2n) is 2.67. The van der Waals surface area contributed by atoms with Crippen LogP contribution in [-0.4, -0.2) is 17.0 Å². The Hall–Kier alpha value is -1.49. The van der Waals surface area contributed by atoms with Gasteiger partial charge in [0, 0.05) is 10.6 Å². The van der Waals surface area contributed by atoms with Crippen LogP contribution in [0.15, 0.2) is 29.2 Å². The number of carboxylic acid groups (broad SMARTS) is 1. The summed E-state index contributed by atoms with van der Waals surface area (Å²) in [5, 5.41) is 10.8. The lowest BCUT2D eigenvalue weighted by Crippen LogP contribution is -2.15. The molecule has 0 spiro atoms. The minimum Gasteiger partial charge on any atom is -0.481 e. The zero-order valence-corrected chi connectivity index (χ0v) is 8.12. The first-order chi connectivity index (χ1) is 6.58. The van der Waals surface area contributed by atoms with E-state index in [1.807, 2.05) is 0 Å². The van der Waals surface area contributed by atoms with E-state index in [4.69, 9.17) is 5.11 Å². The predicted octanol–water partition coefficient (Wildman–Crippen LogP) is 1.39. The van der Waals surface area contributed by atoms with Crippen LogP contribution in [0.2, 0.25) is 0 Å². The lowest BCUT2D eigenvalue weighted by atomic mass is 10.3. The monoisotopic (exact) mass is 211 g/mol. The molecule has 1 aromatic rings. The topological polar surface area (TPSA) is 66.4 Å². The summed E-state index contributed by atoms with van der Waals surface area (Å²) in [6.45, 7) is 0. The molecular formula is C9H9NO3S. The number of thiol groups is 1. The van der Waals surface area contributed by atoms with E-state index in [2.05, 4.69) is 17.9 Å². The number of carboxylic acids is 1. The van der Waals surface area contributed by atoms with Crippen LogP contribution in [0, 0.1) is 0 Å². The van der Waals surface area contributed by atoms with Crippen LogP contribution in [-0.2, 0) is 9.59 Å². The van der Waals surface area contributed by atoms with Crippen LogP contribution in [0.5, 0.6) is 0 Å². The van der Waals surface area contributed by atoms with E-state index in [9.17, 15) is 9.59 Å². The fraction of sp³-hybridized carbons (Fsp3) is 0.111. The molecule has 0 atom stereocenters. The molecule has 0 aliphatic rings. The molecule has 0 radical (unpaired) electrons. The van der Waals surface area contributed by atoms with Crippen molar-refractivity contribution in [3.63, 3.8) is 0 Å². The molecule has 1 amide bonds. The molecule has 0 unspecified atom stereocenters. The zero-order valence-electron chi connectivity index (χ0n) is 7.23. The van der Waals surface area contributed by atoms with Crippen molar-refractivity contribution in [2.45, 2.75) is 11.3 Å². The van der Waals surface area contributed by atoms with Gasteiger partial charge in [0.2, 0.25) is 5.91 Å². The van der Waals surface area contributed by atoms with Gasteiger partial charge in [0.05, 0.1) is 0 Å². The minimum atomic E-state index is -1.15. The lowest BCUT2D eigenvalue weighted by molar-refractivity contribution is -0.139. The Morgan fingerprint density at radius 2 is 2.14 bits per heavy atom. The van der Waals surface area contributed by atoms with Gasteiger partial charge in [-0.15, -0.1) is 12.6 Å². The Kier molecular flexibility index (Phi) is 3.53. The number of benzene rings is 1. The van der Waals surface area contributed by atoms with Gasteiger partial charge in [-0.25, -0.2) is 0 Å². The summed E-state index contributed by atoms with van der Waals surface area (Å²) >= 11 is 4.08. The predicted molar refractivity (Wildman–Crippen MR) is 54.6 cm³/mol. The second kappa shape index (κ2) is 4.66. The first kappa shape index (κ1) is 10.6. The Labute approximate surface area is 86.3 Å². The average Bonchev–Trinajstić information content (AvgIpc) is 2.01. The minimum absolute atomic E-state index is 0.531. The highest BCUT2D eigenvalue weighted by molar-refractivity contribution is 7.80. The zero-order chi connectivity index (χ0) is 10.6. The van der Waals surface area contributed by atoms with Crippen molar-refractivity contribution in [3.8, 4) is 0 Å². The van der Waals surface area contributed by atoms with Gasteiger partial charge in [-0.1, -0.05) is 6.07 Å². The highest BCUT2D eigenvalue weighted by Crippen LogP contribution is 2.13. The van der Waals surface area contributed by atoms with Gasteiger partial charge < -0.3 is 10.4 Å². The number of nitrogens with one attached hydrogen (secondary N) is 1. The van der Waals surface area contributed by atoms with Gasteiger partial charge in [-0.2, -0.15) is 0 Å². The molecule has 0 aliphatic carbocycles. The maximum absolute atomic E-state index is 11.0. The highest BCUT2D eigenvalue weighted by atomic mass is 32.1. The summed E-state index contributed by atoms with van der Waals surface area (Å²) in [4.78, 5) is 21.9. The summed E-state index contributed by atoms with van der Waals surface area (Å²) in [6.07, 6.45) is -0.531. The maximum Gasteiger partial charge on any atom is 0.312 e. The van der Waals surface area contributed by atoms with E-state index in [-0.39, 0.29) is 0 Å². The van der Waals surface area contributed by atoms with Crippen molar-refractivity contribution < 1.29 is 14.7 Å². The fourth-order valence-electron chi connectivity index (χ4n) is 0.926. The largest absolute Gasteiger partial charge is 0.481 e. The van der Waals surface area contributed by atoms with Crippen LogP contribution in [0.25, 0.3) is 0 Å². The second-order valence-corrected chi connectivity index (χ2v) is 3.19. The SMILES string of the molecule is O=C(O)CC(=O)Nc1cccc(S)c1. The number of carbonyl (C=O) groups excluding carboxylic acids is 1. The third-order valence-electron chi connectivity index (χ3n) is 1.44. The highest BCUT2D eigenvalue weighted by Gasteiger charge is 2.07. The van der Waals surface area contributed by atoms with Crippen LogP contribution < -0.4 is 5.32 Å². The maximum atomic E-state index is 11.0. The van der Waals surface area contributed by atoms with E-state index in [0.717, 1.165) is 0 Å². The molecule has 74 valence electrons. The summed E-state index contributed by atoms with van der Waals surface area (Å²) < 4.78 is 0. The first-order valence-corrected chi connectivity index (χ1v) is 4.33. The summed E-state index contributed by atoms with van der Waals surface area (Å²) in [6, 6.07) is 6.79. The number of anilines is 1. The number of hydrogen-bond donors (Lipinski definition) is 3. The van der Waals surface area contributed by atoms with Crippen molar-refractivity contribution in [1.29, 1.82) is 0 Å². The van der Waals surface area contributed by atoms with E-state index < -0.39 is 18.3 Å². The summed E-state index contributed by atoms with van der Waals surface area (Å²) in [5.41, 5.74) is 0.545. The van der Waals surface area contributed by atoms with Crippen molar-refractivity contribution in [1.82, 2.24) is 0 Å². The number of carbonyl (C=O) groups is 2. The molecule has 0 saturated carbocycles. The standard InChI is InChI=1S/C9H9NO3S/c11-8(5-9(12)13)10-6-2-1-3-7(14)4-6/h1-4,14H,5H2,(H,10,11)(H,12,13). The smallest absolute Gasteiger partial charge is 0.312 e. The van der Waals surface area contributed by atoms with Crippen LogP contribution >= 0.6 is 12.6 Å². The van der Waals surface area contributed by atoms with Gasteiger partial charge in [0.1, 0.15) is 6.42 Å². The van der Waals surface area contributed by atoms with Crippen molar-refractivity contribution in [3.05, 3.63) is 24.3 Å². The number of amides is 1. The van der Waals surface area contributed by atoms with Gasteiger partial charge >= 0.3 is 5.97 Å². The molecule has 0 heterocycles. The van der Waals surface area contributed by atoms with Gasteiger partial charge in [0.25, 0.3) is 0 Å². The molecule has 0 bridgehead atoms. The molecule has 14 heavy (non-hydrogen) atoms. The van der Waals surface area contributed by atoms with Crippen LogP contribution in [0.1, 0.15) is 6.42 Å². The van der Waals surface area contributed by atoms with Gasteiger partial charge in [0.15, 0.2) is 0 Å². The number of aliphatic carboxylic acids is 1. The number of rotatable bonds is 3. The van der Waals surface area contributed by atoms with E-state index in [0.29, 0.717) is 10.6 Å². The van der Waals surface area contributed by atoms with E-state index >= 15 is 0 Å². The van der Waals surface area contributed by atoms with E-state index in [1.54, 1.807) is 24.3 Å². The lowest BCUT2D eigenvalue weighted by Gasteiger charge is -2.03. The summed E-state index contributed by atoms with van der Waals surface area (Å²) in [5.74, 6) is -1.69. The number of hydrogen-bond acceptors (Lipinski definition) is 3. The first-order valence-electron chi connectivity index (χ1n) is 3.88. The van der Waals surface area contributed by atoms with Crippen molar-refractivity contribution >= 4 is 30.2 Å². The van der Waals surface area contributed by atoms with Crippen molar-refractivity contribution in [2.75, 3.05) is 5.32 Å². The molecule has 0 saturated heterocycles. The van der Waals surface area contributed by atoms with E-state index in [1.165, 1.54) is 0 Å². The molecule has 1 rings (SSSR count). The van der Waals surface area contributed by atoms with Gasteiger partial charge in [-0.05, 0) is 18.2 Å². The molecule has 0 aliphatic heterocycles. The normalized spacial score (nSPS) is 9.50. The van der Waals surface area contributed by atoms with Crippen molar-refractivity contribution in [2.24, 2.45) is 0 Å².